The first-order valence-corrected chi connectivity index (χ1v) is 11.1. The molecule has 0 saturated carbocycles. The molecule has 1 aliphatic rings. The number of hydrogen-bond acceptors (Lipinski definition) is 7. The Morgan fingerprint density at radius 1 is 0.969 bits per heavy atom. The molecule has 2 heterocycles. The monoisotopic (exact) mass is 467 g/mol. The van der Waals surface area contributed by atoms with E-state index in [0.717, 1.165) is 5.56 Å². The molecule has 1 aromatic heterocycles. The van der Waals surface area contributed by atoms with E-state index in [-0.39, 0.29) is 5.91 Å². The number of amides is 1. The van der Waals surface area contributed by atoms with Crippen LogP contribution in [0.3, 0.4) is 0 Å². The number of nitrogens with zero attached hydrogens (tertiary/aromatic N) is 1. The van der Waals surface area contributed by atoms with E-state index in [0.29, 0.717) is 52.0 Å². The standard InChI is InChI=1S/C24H21NO5S2/c1-27-20-10-4-5-11-21(20)30-14-13-29-19-9-3-2-7-17(19)15-22-23(26)25(24(31)32-22)16-18-8-6-12-28-18/h2-12,15H,13-14,16H2,1H3/b22-15-. The molecule has 1 amide bonds. The third-order valence-corrected chi connectivity index (χ3v) is 6.02. The maximum atomic E-state index is 12.9. The summed E-state index contributed by atoms with van der Waals surface area (Å²) in [5.74, 6) is 2.52. The van der Waals surface area contributed by atoms with Crippen LogP contribution >= 0.6 is 24.0 Å². The molecule has 0 radical (unpaired) electrons. The zero-order valence-corrected chi connectivity index (χ0v) is 19.0. The van der Waals surface area contributed by atoms with Gasteiger partial charge in [-0.1, -0.05) is 54.3 Å². The van der Waals surface area contributed by atoms with E-state index in [9.17, 15) is 4.79 Å². The summed E-state index contributed by atoms with van der Waals surface area (Å²) in [7, 11) is 1.60. The summed E-state index contributed by atoms with van der Waals surface area (Å²) in [5, 5.41) is 0. The molecule has 1 saturated heterocycles. The zero-order valence-electron chi connectivity index (χ0n) is 17.4. The van der Waals surface area contributed by atoms with E-state index >= 15 is 0 Å². The van der Waals surface area contributed by atoms with Crippen molar-refractivity contribution < 1.29 is 23.4 Å². The molecule has 0 bridgehead atoms. The van der Waals surface area contributed by atoms with Crippen molar-refractivity contribution in [2.45, 2.75) is 6.54 Å². The Kier molecular flexibility index (Phi) is 7.14. The smallest absolute Gasteiger partial charge is 0.266 e. The molecule has 8 heteroatoms. The lowest BCUT2D eigenvalue weighted by molar-refractivity contribution is -0.122. The van der Waals surface area contributed by atoms with Gasteiger partial charge in [0.05, 0.1) is 24.8 Å². The van der Waals surface area contributed by atoms with Crippen molar-refractivity contribution in [2.24, 2.45) is 0 Å². The Balaban J connectivity index is 1.40. The Morgan fingerprint density at radius 2 is 1.66 bits per heavy atom. The highest BCUT2D eigenvalue weighted by molar-refractivity contribution is 8.26. The van der Waals surface area contributed by atoms with E-state index in [1.807, 2.05) is 54.6 Å². The van der Waals surface area contributed by atoms with Crippen LogP contribution in [0.15, 0.2) is 76.2 Å². The lowest BCUT2D eigenvalue weighted by Gasteiger charge is -2.13. The zero-order chi connectivity index (χ0) is 22.3. The number of benzene rings is 2. The maximum absolute atomic E-state index is 12.9. The number of carbonyl (C=O) groups excluding carboxylic acids is 1. The van der Waals surface area contributed by atoms with Crippen LogP contribution in [-0.4, -0.2) is 35.5 Å². The molecule has 4 rings (SSSR count). The van der Waals surface area contributed by atoms with Gasteiger partial charge in [0.2, 0.25) is 0 Å². The van der Waals surface area contributed by atoms with Crippen LogP contribution in [0, 0.1) is 0 Å². The fourth-order valence-electron chi connectivity index (χ4n) is 3.11. The minimum absolute atomic E-state index is 0.147. The van der Waals surface area contributed by atoms with E-state index in [4.69, 9.17) is 30.8 Å². The van der Waals surface area contributed by atoms with Gasteiger partial charge in [-0.3, -0.25) is 9.69 Å². The van der Waals surface area contributed by atoms with Gasteiger partial charge < -0.3 is 18.6 Å². The average molecular weight is 468 g/mol. The van der Waals surface area contributed by atoms with Crippen LogP contribution < -0.4 is 14.2 Å². The quantitative estimate of drug-likeness (QED) is 0.245. The predicted octanol–water partition coefficient (Wildman–Crippen LogP) is 5.15. The molecule has 0 atom stereocenters. The molecule has 0 N–H and O–H groups in total. The number of rotatable bonds is 9. The van der Waals surface area contributed by atoms with Gasteiger partial charge in [-0.25, -0.2) is 0 Å². The van der Waals surface area contributed by atoms with Gasteiger partial charge in [0, 0.05) is 5.56 Å². The highest BCUT2D eigenvalue weighted by atomic mass is 32.2. The predicted molar refractivity (Wildman–Crippen MR) is 128 cm³/mol. The number of ether oxygens (including phenoxy) is 3. The van der Waals surface area contributed by atoms with Gasteiger partial charge in [0.25, 0.3) is 5.91 Å². The minimum atomic E-state index is -0.147. The van der Waals surface area contributed by atoms with Crippen LogP contribution in [0.1, 0.15) is 11.3 Å². The number of thiocarbonyl (C=S) groups is 1. The Hall–Kier alpha value is -3.23. The van der Waals surface area contributed by atoms with Gasteiger partial charge >= 0.3 is 0 Å². The van der Waals surface area contributed by atoms with E-state index in [1.165, 1.54) is 16.7 Å². The van der Waals surface area contributed by atoms with Gasteiger partial charge in [0.1, 0.15) is 29.0 Å². The molecular formula is C24H21NO5S2. The molecule has 0 unspecified atom stereocenters. The summed E-state index contributed by atoms with van der Waals surface area (Å²) in [5.41, 5.74) is 0.795. The summed E-state index contributed by atoms with van der Waals surface area (Å²) in [6.45, 7) is 0.996. The topological polar surface area (TPSA) is 61.1 Å². The van der Waals surface area contributed by atoms with E-state index < -0.39 is 0 Å². The summed E-state index contributed by atoms with van der Waals surface area (Å²) in [6.07, 6.45) is 3.38. The molecule has 32 heavy (non-hydrogen) atoms. The van der Waals surface area contributed by atoms with E-state index in [2.05, 4.69) is 0 Å². The van der Waals surface area contributed by atoms with Crippen LogP contribution in [0.25, 0.3) is 6.08 Å². The normalized spacial score (nSPS) is 14.8. The minimum Gasteiger partial charge on any atom is -0.493 e. The number of hydrogen-bond donors (Lipinski definition) is 0. The Bertz CT molecular complexity index is 1130. The molecule has 6 nitrogen and oxygen atoms in total. The third-order valence-electron chi connectivity index (χ3n) is 4.64. The Labute approximate surface area is 195 Å². The van der Waals surface area contributed by atoms with Gasteiger partial charge in [-0.15, -0.1) is 0 Å². The van der Waals surface area contributed by atoms with Crippen LogP contribution in [0.5, 0.6) is 17.2 Å². The number of para-hydroxylation sites is 3. The van der Waals surface area contributed by atoms with Crippen molar-refractivity contribution in [2.75, 3.05) is 20.3 Å². The van der Waals surface area contributed by atoms with Gasteiger partial charge in [-0.05, 0) is 36.4 Å². The summed E-state index contributed by atoms with van der Waals surface area (Å²) in [4.78, 5) is 15.0. The highest BCUT2D eigenvalue weighted by Crippen LogP contribution is 2.35. The van der Waals surface area contributed by atoms with Crippen molar-refractivity contribution in [3.05, 3.63) is 83.2 Å². The number of methoxy groups -OCH3 is 1. The van der Waals surface area contributed by atoms with Crippen molar-refractivity contribution in [1.29, 1.82) is 0 Å². The summed E-state index contributed by atoms with van der Waals surface area (Å²) < 4.78 is 22.8. The second-order valence-corrected chi connectivity index (χ2v) is 8.41. The lowest BCUT2D eigenvalue weighted by Crippen LogP contribution is -2.27. The Morgan fingerprint density at radius 3 is 2.38 bits per heavy atom. The van der Waals surface area contributed by atoms with Crippen molar-refractivity contribution in [3.8, 4) is 17.2 Å². The SMILES string of the molecule is COc1ccccc1OCCOc1ccccc1/C=C1\SC(=S)N(Cc2ccco2)C1=O. The second kappa shape index (κ2) is 10.4. The summed E-state index contributed by atoms with van der Waals surface area (Å²) >= 11 is 6.67. The number of furan rings is 1. The fraction of sp³-hybridized carbons (Fsp3) is 0.167. The molecule has 2 aromatic carbocycles. The van der Waals surface area contributed by atoms with Crippen LogP contribution in [-0.2, 0) is 11.3 Å². The molecule has 1 aliphatic heterocycles. The first-order valence-electron chi connectivity index (χ1n) is 9.91. The molecule has 0 spiro atoms. The van der Waals surface area contributed by atoms with Gasteiger partial charge in [0.15, 0.2) is 11.5 Å². The van der Waals surface area contributed by atoms with Crippen molar-refractivity contribution >= 4 is 40.3 Å². The highest BCUT2D eigenvalue weighted by Gasteiger charge is 2.32. The molecule has 0 aliphatic carbocycles. The second-order valence-electron chi connectivity index (χ2n) is 6.73. The first-order chi connectivity index (χ1) is 15.7. The number of carbonyl (C=O) groups is 1. The molecule has 1 fully saturated rings. The van der Waals surface area contributed by atoms with E-state index in [1.54, 1.807) is 25.5 Å². The lowest BCUT2D eigenvalue weighted by atomic mass is 10.2. The molecule has 3 aromatic rings. The molecular weight excluding hydrogens is 446 g/mol. The van der Waals surface area contributed by atoms with Crippen molar-refractivity contribution in [3.63, 3.8) is 0 Å². The molecule has 164 valence electrons. The van der Waals surface area contributed by atoms with Crippen molar-refractivity contribution in [1.82, 2.24) is 4.90 Å². The van der Waals surface area contributed by atoms with Gasteiger partial charge in [-0.2, -0.15) is 0 Å². The largest absolute Gasteiger partial charge is 0.493 e. The maximum Gasteiger partial charge on any atom is 0.266 e. The number of thioether (sulfide) groups is 1. The fourth-order valence-corrected chi connectivity index (χ4v) is 4.35. The third kappa shape index (κ3) is 5.15. The summed E-state index contributed by atoms with van der Waals surface area (Å²) in [6, 6.07) is 18.6. The van der Waals surface area contributed by atoms with Crippen LogP contribution in [0.2, 0.25) is 0 Å². The average Bonchev–Trinajstić information content (AvgIpc) is 3.42. The first kappa shape index (κ1) is 22.0. The van der Waals surface area contributed by atoms with Crippen LogP contribution in [0.4, 0.5) is 0 Å².